The molecule has 12 aromatic carbocycles. The highest BCUT2D eigenvalue weighted by molar-refractivity contribution is 6.17. The van der Waals surface area contributed by atoms with Gasteiger partial charge >= 0.3 is 0 Å². The summed E-state index contributed by atoms with van der Waals surface area (Å²) in [7, 11) is 0. The van der Waals surface area contributed by atoms with Crippen LogP contribution in [0.5, 0.6) is 23.0 Å². The van der Waals surface area contributed by atoms with Crippen molar-refractivity contribution in [2.75, 3.05) is 9.80 Å². The molecule has 0 N–H and O–H groups in total. The van der Waals surface area contributed by atoms with Crippen molar-refractivity contribution in [3.05, 3.63) is 289 Å². The molecule has 0 atom stereocenters. The molecular formula is C77H52N4O3. The van der Waals surface area contributed by atoms with Crippen LogP contribution in [-0.4, -0.2) is 9.13 Å². The van der Waals surface area contributed by atoms with Gasteiger partial charge in [-0.2, -0.15) is 0 Å². The van der Waals surface area contributed by atoms with E-state index in [0.717, 1.165) is 133 Å². The number of rotatable bonds is 8. The maximum Gasteiger partial charge on any atom is 0.194 e. The van der Waals surface area contributed by atoms with Crippen LogP contribution in [0.1, 0.15) is 36.1 Å². The molecule has 7 heteroatoms. The summed E-state index contributed by atoms with van der Waals surface area (Å²) in [5.41, 5.74) is 17.9. The average molecular weight is 1080 g/mol. The number of aromatic nitrogens is 2. The minimum atomic E-state index is -0.657. The molecule has 0 spiro atoms. The van der Waals surface area contributed by atoms with E-state index in [2.05, 4.69) is 288 Å². The molecule has 1 aliphatic carbocycles. The van der Waals surface area contributed by atoms with E-state index in [1.165, 1.54) is 0 Å². The number of fused-ring (bicyclic) bond motifs is 15. The van der Waals surface area contributed by atoms with Crippen LogP contribution in [0.25, 0.3) is 89.1 Å². The molecule has 3 aromatic heterocycles. The number of para-hydroxylation sites is 9. The molecule has 0 unspecified atom stereocenters. The summed E-state index contributed by atoms with van der Waals surface area (Å²) in [6.07, 6.45) is 4.47. The Labute approximate surface area is 484 Å². The van der Waals surface area contributed by atoms with Crippen molar-refractivity contribution in [1.82, 2.24) is 9.13 Å². The van der Waals surface area contributed by atoms with Crippen molar-refractivity contribution < 1.29 is 13.9 Å². The average Bonchev–Trinajstić information content (AvgIpc) is 1.71. The van der Waals surface area contributed by atoms with Gasteiger partial charge in [0.15, 0.2) is 23.0 Å². The lowest BCUT2D eigenvalue weighted by molar-refractivity contribution is 0.357. The quantitative estimate of drug-likeness (QED) is 0.152. The van der Waals surface area contributed by atoms with Crippen molar-refractivity contribution >= 4 is 112 Å². The first-order chi connectivity index (χ1) is 41.4. The summed E-state index contributed by atoms with van der Waals surface area (Å²) < 4.78 is 26.4. The van der Waals surface area contributed by atoms with Crippen LogP contribution in [0.15, 0.2) is 271 Å². The molecule has 0 bridgehead atoms. The Kier molecular flexibility index (Phi) is 10.5. The van der Waals surface area contributed by atoms with Gasteiger partial charge in [-0.05, 0) is 139 Å². The van der Waals surface area contributed by atoms with Crippen LogP contribution in [0.3, 0.4) is 0 Å². The fourth-order valence-corrected chi connectivity index (χ4v) is 13.5. The van der Waals surface area contributed by atoms with Crippen LogP contribution in [-0.2, 0) is 5.41 Å². The first-order valence-corrected chi connectivity index (χ1v) is 28.7. The van der Waals surface area contributed by atoms with Crippen molar-refractivity contribution in [2.45, 2.75) is 19.3 Å². The first kappa shape index (κ1) is 47.8. The molecule has 1 aliphatic heterocycles. The van der Waals surface area contributed by atoms with Crippen LogP contribution in [0.2, 0.25) is 0 Å². The number of furan rings is 1. The van der Waals surface area contributed by atoms with Gasteiger partial charge in [0, 0.05) is 77.6 Å². The van der Waals surface area contributed by atoms with Crippen LogP contribution < -0.4 is 19.3 Å². The number of hydrogen-bond acceptors (Lipinski definition) is 5. The molecule has 0 saturated carbocycles. The molecule has 2 aliphatic rings. The van der Waals surface area contributed by atoms with E-state index < -0.39 is 5.41 Å². The van der Waals surface area contributed by atoms with Gasteiger partial charge in [0.05, 0.1) is 38.8 Å². The van der Waals surface area contributed by atoms with Crippen molar-refractivity contribution in [1.29, 1.82) is 0 Å². The van der Waals surface area contributed by atoms with Crippen LogP contribution in [0.4, 0.5) is 34.1 Å². The van der Waals surface area contributed by atoms with Crippen molar-refractivity contribution in [3.63, 3.8) is 0 Å². The van der Waals surface area contributed by atoms with E-state index in [0.29, 0.717) is 23.0 Å². The van der Waals surface area contributed by atoms with E-state index in [9.17, 15) is 0 Å². The predicted molar refractivity (Wildman–Crippen MR) is 346 cm³/mol. The van der Waals surface area contributed by atoms with Gasteiger partial charge in [0.1, 0.15) is 11.2 Å². The number of nitrogens with zero attached hydrogens (tertiary/aromatic N) is 4. The van der Waals surface area contributed by atoms with E-state index in [1.807, 2.05) is 24.3 Å². The first-order valence-electron chi connectivity index (χ1n) is 28.7. The van der Waals surface area contributed by atoms with Gasteiger partial charge in [0.2, 0.25) is 0 Å². The third kappa shape index (κ3) is 7.18. The van der Waals surface area contributed by atoms with E-state index in [1.54, 1.807) is 0 Å². The van der Waals surface area contributed by atoms with Crippen LogP contribution >= 0.6 is 0 Å². The van der Waals surface area contributed by atoms with Gasteiger partial charge in [-0.25, -0.2) is 0 Å². The Balaban J connectivity index is 0.905. The van der Waals surface area contributed by atoms with Gasteiger partial charge in [-0.1, -0.05) is 166 Å². The molecule has 398 valence electrons. The molecule has 84 heavy (non-hydrogen) atoms. The Bertz CT molecular complexity index is 5090. The standard InChI is InChI=1S/C77H52N4O3/c1-77(2)62-47-68(80-64-34-18-15-31-55(64)60-45-53(39-43-66(60)80)78(49-23-7-3-8-24-49)50-25-9-4-10-26-50)73-59-33-17-20-36-70(59)82-74(73)57(62)41-42-58-63(77)48-69(76-75(58)83-71-37-21-22-38-72(71)84-76)81-65-35-19-16-32-56(65)61-46-54(40-44-67(61)81)79(51-27-11-5-12-28-51)52-29-13-6-14-30-52/h3-48H,1-2H3. The smallest absolute Gasteiger partial charge is 0.194 e. The molecule has 4 heterocycles. The lowest BCUT2D eigenvalue weighted by Crippen LogP contribution is -2.22. The second kappa shape index (κ2) is 18.5. The fraction of sp³-hybridized carbons (Fsp3) is 0.0390. The zero-order valence-corrected chi connectivity index (χ0v) is 46.1. The summed E-state index contributed by atoms with van der Waals surface area (Å²) in [6.45, 7) is 4.70. The fourth-order valence-electron chi connectivity index (χ4n) is 13.5. The number of benzene rings is 12. The minimum Gasteiger partial charge on any atom is -0.455 e. The second-order valence-electron chi connectivity index (χ2n) is 22.4. The molecule has 0 amide bonds. The minimum absolute atomic E-state index is 0.651. The number of anilines is 6. The Morgan fingerprint density at radius 1 is 0.333 bits per heavy atom. The van der Waals surface area contributed by atoms with Gasteiger partial charge < -0.3 is 32.8 Å². The maximum absolute atomic E-state index is 7.21. The highest BCUT2D eigenvalue weighted by Gasteiger charge is 2.39. The normalized spacial score (nSPS) is 13.1. The van der Waals surface area contributed by atoms with E-state index >= 15 is 0 Å². The highest BCUT2D eigenvalue weighted by atomic mass is 16.6. The van der Waals surface area contributed by atoms with Crippen molar-refractivity contribution in [2.24, 2.45) is 0 Å². The lowest BCUT2D eigenvalue weighted by atomic mass is 9.74. The zero-order valence-electron chi connectivity index (χ0n) is 46.1. The molecule has 0 radical (unpaired) electrons. The summed E-state index contributed by atoms with van der Waals surface area (Å²) >= 11 is 0. The third-order valence-electron chi connectivity index (χ3n) is 17.3. The van der Waals surface area contributed by atoms with Crippen LogP contribution in [0, 0.1) is 0 Å². The molecule has 7 nitrogen and oxygen atoms in total. The SMILES string of the molecule is CC1(C)c2cc(-n3c4ccccc4c4cc(N(c5ccccc5)c5ccccc5)ccc43)c3c(c2C=Cc2c1cc(-n1c4ccccc4c4cc(N(c5ccccc5)c5ccccc5)ccc41)c1c2oc2ccccc21)Oc1ccccc1O3. The molecular weight excluding hydrogens is 1030 g/mol. The Morgan fingerprint density at radius 3 is 1.27 bits per heavy atom. The third-order valence-corrected chi connectivity index (χ3v) is 17.3. The predicted octanol–water partition coefficient (Wildman–Crippen LogP) is 21.4. The lowest BCUT2D eigenvalue weighted by Gasteiger charge is -2.33. The van der Waals surface area contributed by atoms with Gasteiger partial charge in [-0.15, -0.1) is 0 Å². The number of hydrogen-bond donors (Lipinski definition) is 0. The van der Waals surface area contributed by atoms with E-state index in [4.69, 9.17) is 13.9 Å². The summed E-state index contributed by atoms with van der Waals surface area (Å²) in [5.74, 6) is 2.64. The molecule has 15 aromatic rings. The summed E-state index contributed by atoms with van der Waals surface area (Å²) in [6, 6.07) is 95.0. The maximum atomic E-state index is 7.21. The summed E-state index contributed by atoms with van der Waals surface area (Å²) in [5, 5.41) is 6.67. The molecule has 0 saturated heterocycles. The molecule has 0 fully saturated rings. The Morgan fingerprint density at radius 2 is 0.738 bits per heavy atom. The van der Waals surface area contributed by atoms with E-state index in [-0.39, 0.29) is 0 Å². The summed E-state index contributed by atoms with van der Waals surface area (Å²) in [4.78, 5) is 4.66. The largest absolute Gasteiger partial charge is 0.455 e. The van der Waals surface area contributed by atoms with Crippen molar-refractivity contribution in [3.8, 4) is 34.4 Å². The Hall–Kier alpha value is -11.0. The van der Waals surface area contributed by atoms with Gasteiger partial charge in [-0.3, -0.25) is 0 Å². The second-order valence-corrected chi connectivity index (χ2v) is 22.4. The zero-order chi connectivity index (χ0) is 55.6. The number of ether oxygens (including phenoxy) is 2. The molecule has 17 rings (SSSR count). The highest BCUT2D eigenvalue weighted by Crippen LogP contribution is 2.57. The van der Waals surface area contributed by atoms with Gasteiger partial charge in [0.25, 0.3) is 0 Å². The topological polar surface area (TPSA) is 47.9 Å². The monoisotopic (exact) mass is 1080 g/mol.